The Morgan fingerprint density at radius 1 is 1.60 bits per heavy atom. The number of carbonyl (C=O) groups is 1. The van der Waals surface area contributed by atoms with E-state index in [9.17, 15) is 9.36 Å². The van der Waals surface area contributed by atoms with Gasteiger partial charge in [-0.2, -0.15) is 0 Å². The van der Waals surface area contributed by atoms with Gasteiger partial charge < -0.3 is 20.1 Å². The van der Waals surface area contributed by atoms with Crippen LogP contribution in [-0.4, -0.2) is 37.6 Å². The summed E-state index contributed by atoms with van der Waals surface area (Å²) < 4.78 is 11.3. The number of rotatable bonds is 4. The molecule has 6 N–H and O–H groups in total. The Bertz CT molecular complexity index is 594. The van der Waals surface area contributed by atoms with Crippen LogP contribution in [0.15, 0.2) is 18.6 Å². The minimum atomic E-state index is -4.44. The summed E-state index contributed by atoms with van der Waals surface area (Å²) in [5.41, 5.74) is 6.18. The summed E-state index contributed by atoms with van der Waals surface area (Å²) in [6, 6.07) is 0. The molecule has 110 valence electrons. The van der Waals surface area contributed by atoms with Gasteiger partial charge in [0.05, 0.1) is 6.33 Å². The number of hydrogen-bond donors (Lipinski definition) is 5. The van der Waals surface area contributed by atoms with Gasteiger partial charge in [0.25, 0.3) is 5.91 Å². The smallest absolute Gasteiger partial charge is 0.331 e. The third kappa shape index (κ3) is 2.75. The fraction of sp³-hybridized carbons (Fsp3) is 0.400. The zero-order chi connectivity index (χ0) is 15.0. The molecule has 1 amide bonds. The van der Waals surface area contributed by atoms with Gasteiger partial charge in [0.1, 0.15) is 11.9 Å². The van der Waals surface area contributed by atoms with E-state index in [1.807, 2.05) is 6.92 Å². The number of amides is 1. The predicted octanol–water partition coefficient (Wildman–Crippen LogP) is -0.327. The summed E-state index contributed by atoms with van der Waals surface area (Å²) in [7, 11) is -4.44. The van der Waals surface area contributed by atoms with Gasteiger partial charge in [0, 0.05) is 6.20 Å². The maximum Gasteiger partial charge on any atom is 0.331 e. The van der Waals surface area contributed by atoms with E-state index in [0.717, 1.165) is 0 Å². The van der Waals surface area contributed by atoms with Crippen molar-refractivity contribution < 1.29 is 19.1 Å². The minimum absolute atomic E-state index is 0.192. The highest BCUT2D eigenvalue weighted by Crippen LogP contribution is 2.40. The fourth-order valence-electron chi connectivity index (χ4n) is 1.99. The molecule has 1 unspecified atom stereocenters. The fourth-order valence-corrected chi connectivity index (χ4v) is 2.85. The molecule has 0 fully saturated rings. The monoisotopic (exact) mass is 301 g/mol. The SMILES string of the molecule is CCC=CN1c2nc[nH]c2C(=O)NC1(N)CP(=O)(O)O. The molecule has 9 nitrogen and oxygen atoms in total. The molecule has 1 aromatic heterocycles. The molecule has 0 saturated heterocycles. The highest BCUT2D eigenvalue weighted by molar-refractivity contribution is 7.51. The topological polar surface area (TPSA) is 145 Å². The number of nitrogens with zero attached hydrogens (tertiary/aromatic N) is 2. The van der Waals surface area contributed by atoms with Crippen molar-refractivity contribution in [3.63, 3.8) is 0 Å². The van der Waals surface area contributed by atoms with Crippen molar-refractivity contribution in [2.75, 3.05) is 11.1 Å². The number of fused-ring (bicyclic) bond motifs is 1. The first-order chi connectivity index (χ1) is 9.27. The number of nitrogens with one attached hydrogen (secondary N) is 2. The molecule has 2 rings (SSSR count). The van der Waals surface area contributed by atoms with E-state index >= 15 is 0 Å². The van der Waals surface area contributed by atoms with Crippen molar-refractivity contribution in [1.29, 1.82) is 0 Å². The second-order valence-electron chi connectivity index (χ2n) is 4.47. The molecule has 1 aromatic rings. The van der Waals surface area contributed by atoms with Crippen molar-refractivity contribution in [2.24, 2.45) is 5.73 Å². The Kier molecular flexibility index (Phi) is 3.70. The van der Waals surface area contributed by atoms with Gasteiger partial charge in [-0.15, -0.1) is 0 Å². The minimum Gasteiger partial charge on any atom is -0.339 e. The Labute approximate surface area is 115 Å². The van der Waals surface area contributed by atoms with E-state index < -0.39 is 25.5 Å². The van der Waals surface area contributed by atoms with Crippen LogP contribution in [0.2, 0.25) is 0 Å². The highest BCUT2D eigenvalue weighted by Gasteiger charge is 2.45. The molecular formula is C10H16N5O4P. The molecule has 0 radical (unpaired) electrons. The van der Waals surface area contributed by atoms with Crippen LogP contribution in [0.4, 0.5) is 5.82 Å². The van der Waals surface area contributed by atoms with Gasteiger partial charge in [0.2, 0.25) is 0 Å². The average molecular weight is 301 g/mol. The summed E-state index contributed by atoms with van der Waals surface area (Å²) in [5.74, 6) is -2.06. The maximum atomic E-state index is 11.9. The lowest BCUT2D eigenvalue weighted by Crippen LogP contribution is -2.70. The van der Waals surface area contributed by atoms with Gasteiger partial charge in [-0.3, -0.25) is 20.0 Å². The standard InChI is InChI=1S/C10H16N5O4P/c1-2-3-4-15-8-7(12-6-13-8)9(16)14-10(15,11)5-20(17,18)19/h3-4,6H,2,5,11H2,1H3,(H,12,13)(H,14,16)(H2,17,18,19). The van der Waals surface area contributed by atoms with E-state index in [1.165, 1.54) is 11.2 Å². The van der Waals surface area contributed by atoms with Crippen LogP contribution in [0, 0.1) is 0 Å². The van der Waals surface area contributed by atoms with E-state index in [-0.39, 0.29) is 11.5 Å². The Morgan fingerprint density at radius 2 is 2.30 bits per heavy atom. The summed E-state index contributed by atoms with van der Waals surface area (Å²) in [6.45, 7) is 1.89. The van der Waals surface area contributed by atoms with Gasteiger partial charge in [0.15, 0.2) is 11.6 Å². The maximum absolute atomic E-state index is 11.9. The Balaban J connectivity index is 2.48. The summed E-state index contributed by atoms with van der Waals surface area (Å²) in [5, 5.41) is 2.40. The van der Waals surface area contributed by atoms with Gasteiger partial charge >= 0.3 is 7.60 Å². The van der Waals surface area contributed by atoms with E-state index in [1.54, 1.807) is 12.3 Å². The average Bonchev–Trinajstić information content (AvgIpc) is 2.75. The first-order valence-electron chi connectivity index (χ1n) is 5.92. The lowest BCUT2D eigenvalue weighted by molar-refractivity contribution is 0.0892. The molecule has 0 spiro atoms. The van der Waals surface area contributed by atoms with Crippen molar-refractivity contribution in [3.05, 3.63) is 24.3 Å². The van der Waals surface area contributed by atoms with Gasteiger partial charge in [-0.05, 0) is 6.42 Å². The quantitative estimate of drug-likeness (QED) is 0.479. The second-order valence-corrected chi connectivity index (χ2v) is 6.11. The molecule has 1 atom stereocenters. The van der Waals surface area contributed by atoms with Crippen LogP contribution < -0.4 is 16.0 Å². The van der Waals surface area contributed by atoms with Crippen molar-refractivity contribution in [2.45, 2.75) is 19.1 Å². The summed E-state index contributed by atoms with van der Waals surface area (Å²) in [4.78, 5) is 38.2. The van der Waals surface area contributed by atoms with Crippen molar-refractivity contribution >= 4 is 19.3 Å². The molecular weight excluding hydrogens is 285 g/mol. The molecule has 1 aliphatic rings. The van der Waals surface area contributed by atoms with Gasteiger partial charge in [-0.1, -0.05) is 13.0 Å². The lowest BCUT2D eigenvalue weighted by atomic mass is 10.2. The zero-order valence-electron chi connectivity index (χ0n) is 10.8. The molecule has 10 heteroatoms. The van der Waals surface area contributed by atoms with Crippen LogP contribution in [0.25, 0.3) is 0 Å². The van der Waals surface area contributed by atoms with Crippen LogP contribution >= 0.6 is 7.60 Å². The molecule has 2 heterocycles. The van der Waals surface area contributed by atoms with E-state index in [2.05, 4.69) is 15.3 Å². The number of aromatic nitrogens is 2. The highest BCUT2D eigenvalue weighted by atomic mass is 31.2. The van der Waals surface area contributed by atoms with Crippen LogP contribution in [0.5, 0.6) is 0 Å². The normalized spacial score (nSPS) is 23.0. The largest absolute Gasteiger partial charge is 0.339 e. The molecule has 20 heavy (non-hydrogen) atoms. The van der Waals surface area contributed by atoms with Crippen LogP contribution in [0.3, 0.4) is 0 Å². The van der Waals surface area contributed by atoms with Crippen molar-refractivity contribution in [3.8, 4) is 0 Å². The number of hydrogen-bond acceptors (Lipinski definition) is 5. The van der Waals surface area contributed by atoms with Crippen LogP contribution in [-0.2, 0) is 4.57 Å². The predicted molar refractivity (Wildman–Crippen MR) is 71.8 cm³/mol. The Morgan fingerprint density at radius 3 is 2.90 bits per heavy atom. The number of anilines is 1. The molecule has 0 aromatic carbocycles. The third-order valence-electron chi connectivity index (χ3n) is 2.77. The van der Waals surface area contributed by atoms with E-state index in [0.29, 0.717) is 6.42 Å². The number of nitrogens with two attached hydrogens (primary N) is 1. The number of H-pyrrole nitrogens is 1. The summed E-state index contributed by atoms with van der Waals surface area (Å²) in [6.07, 6.45) is 4.58. The first kappa shape index (κ1) is 14.7. The number of aromatic amines is 1. The van der Waals surface area contributed by atoms with Gasteiger partial charge in [-0.25, -0.2) is 4.98 Å². The molecule has 0 bridgehead atoms. The zero-order valence-corrected chi connectivity index (χ0v) is 11.7. The number of carbonyl (C=O) groups excluding carboxylic acids is 1. The number of allylic oxidation sites excluding steroid dienone is 1. The third-order valence-corrected chi connectivity index (χ3v) is 3.67. The first-order valence-corrected chi connectivity index (χ1v) is 7.72. The van der Waals surface area contributed by atoms with Crippen molar-refractivity contribution in [1.82, 2.24) is 15.3 Å². The molecule has 1 aliphatic heterocycles. The summed E-state index contributed by atoms with van der Waals surface area (Å²) >= 11 is 0. The molecule has 0 saturated carbocycles. The van der Waals surface area contributed by atoms with Crippen LogP contribution in [0.1, 0.15) is 23.8 Å². The number of imidazole rings is 1. The van der Waals surface area contributed by atoms with E-state index in [4.69, 9.17) is 15.5 Å². The molecule has 0 aliphatic carbocycles. The lowest BCUT2D eigenvalue weighted by Gasteiger charge is -2.42. The second kappa shape index (κ2) is 5.02. The Hall–Kier alpha value is -1.67.